The third-order valence-corrected chi connectivity index (χ3v) is 7.76. The van der Waals surface area contributed by atoms with Gasteiger partial charge in [-0.15, -0.1) is 0 Å². The van der Waals surface area contributed by atoms with Gasteiger partial charge in [-0.1, -0.05) is 12.1 Å². The van der Waals surface area contributed by atoms with Crippen LogP contribution < -0.4 is 14.8 Å². The fraction of sp³-hybridized carbons (Fsp3) is 0.531. The third-order valence-electron chi connectivity index (χ3n) is 6.84. The van der Waals surface area contributed by atoms with E-state index in [1.54, 1.807) is 32.2 Å². The van der Waals surface area contributed by atoms with Crippen molar-refractivity contribution in [3.63, 3.8) is 0 Å². The van der Waals surface area contributed by atoms with E-state index in [-0.39, 0.29) is 36.6 Å². The molecule has 0 aromatic heterocycles. The van der Waals surface area contributed by atoms with Gasteiger partial charge in [0.2, 0.25) is 0 Å². The number of hydrogen-bond donors (Lipinski definition) is 1. The molecule has 3 rings (SSSR count). The summed E-state index contributed by atoms with van der Waals surface area (Å²) in [5.41, 5.74) is 0.331. The van der Waals surface area contributed by atoms with Crippen LogP contribution in [0.25, 0.3) is 0 Å². The van der Waals surface area contributed by atoms with Crippen LogP contribution in [0.3, 0.4) is 0 Å². The number of carbonyl (C=O) groups is 3. The smallest absolute Gasteiger partial charge is 0.411 e. The lowest BCUT2D eigenvalue weighted by Crippen LogP contribution is -2.37. The van der Waals surface area contributed by atoms with E-state index in [4.69, 9.17) is 37.9 Å². The van der Waals surface area contributed by atoms with Crippen molar-refractivity contribution in [3.8, 4) is 11.5 Å². The van der Waals surface area contributed by atoms with E-state index in [0.717, 1.165) is 11.2 Å². The molecule has 16 heteroatoms. The molecule has 0 aliphatic carbocycles. The lowest BCUT2D eigenvalue weighted by Gasteiger charge is -2.27. The van der Waals surface area contributed by atoms with Gasteiger partial charge >= 0.3 is 6.09 Å². The molecule has 0 spiro atoms. The molecule has 3 amide bonds. The zero-order valence-corrected chi connectivity index (χ0v) is 28.5. The Hall–Kier alpha value is -3.80. The number of anilines is 1. The van der Waals surface area contributed by atoms with Crippen LogP contribution >= 0.6 is 0 Å². The van der Waals surface area contributed by atoms with Gasteiger partial charge in [-0.05, 0) is 36.8 Å². The van der Waals surface area contributed by atoms with Crippen molar-refractivity contribution in [2.45, 2.75) is 13.0 Å². The average Bonchev–Trinajstić information content (AvgIpc) is 3.31. The summed E-state index contributed by atoms with van der Waals surface area (Å²) < 4.78 is 67.5. The van der Waals surface area contributed by atoms with E-state index in [9.17, 15) is 22.8 Å². The maximum atomic E-state index is 13.8. The van der Waals surface area contributed by atoms with Gasteiger partial charge in [-0.25, -0.2) is 13.2 Å². The van der Waals surface area contributed by atoms with Crippen molar-refractivity contribution in [1.82, 2.24) is 4.90 Å². The maximum absolute atomic E-state index is 13.8. The highest BCUT2D eigenvalue weighted by atomic mass is 32.2. The van der Waals surface area contributed by atoms with Crippen molar-refractivity contribution in [3.05, 3.63) is 53.1 Å². The molecular formula is C32H44N2O13S. The molecule has 2 aromatic rings. The third kappa shape index (κ3) is 11.7. The van der Waals surface area contributed by atoms with Crippen LogP contribution in [0.1, 0.15) is 39.2 Å². The number of ether oxygens (including phenoxy) is 8. The molecule has 15 nitrogen and oxygen atoms in total. The Kier molecular flexibility index (Phi) is 16.0. The quantitative estimate of drug-likeness (QED) is 0.133. The zero-order valence-electron chi connectivity index (χ0n) is 27.7. The number of carbonyl (C=O) groups excluding carboxylic acids is 3. The molecule has 2 aromatic carbocycles. The van der Waals surface area contributed by atoms with E-state index < -0.39 is 39.5 Å². The molecule has 1 aliphatic rings. The Balaban J connectivity index is 1.53. The molecule has 266 valence electrons. The summed E-state index contributed by atoms with van der Waals surface area (Å²) in [6, 6.07) is 7.90. The predicted octanol–water partition coefficient (Wildman–Crippen LogP) is 2.74. The molecule has 0 unspecified atom stereocenters. The van der Waals surface area contributed by atoms with Gasteiger partial charge in [0.25, 0.3) is 11.8 Å². The minimum absolute atomic E-state index is 0.0130. The molecule has 0 radical (unpaired) electrons. The molecule has 1 atom stereocenters. The SMILES string of the molecule is CCOc1cc([C@H](CS(C)(=O)=O)N2C(=O)c3cccc(NC(=O)OCCOCCOCCOCCOCCOC)c3C2=O)ccc1OC. The Morgan fingerprint density at radius 3 is 1.98 bits per heavy atom. The van der Waals surface area contributed by atoms with Crippen LogP contribution in [0.5, 0.6) is 11.5 Å². The van der Waals surface area contributed by atoms with Crippen LogP contribution in [-0.4, -0.2) is 130 Å². The summed E-state index contributed by atoms with van der Waals surface area (Å²) in [5.74, 6) is -1.27. The van der Waals surface area contributed by atoms with Crippen molar-refractivity contribution in [1.29, 1.82) is 0 Å². The van der Waals surface area contributed by atoms with E-state index in [2.05, 4.69) is 5.32 Å². The summed E-state index contributed by atoms with van der Waals surface area (Å²) >= 11 is 0. The molecule has 1 heterocycles. The van der Waals surface area contributed by atoms with Crippen LogP contribution in [0.2, 0.25) is 0 Å². The lowest BCUT2D eigenvalue weighted by molar-refractivity contribution is -0.0109. The Morgan fingerprint density at radius 2 is 1.42 bits per heavy atom. The number of imide groups is 1. The number of fused-ring (bicyclic) bond motifs is 1. The Bertz CT molecular complexity index is 1470. The second kappa shape index (κ2) is 19.9. The second-order valence-electron chi connectivity index (χ2n) is 10.4. The zero-order chi connectivity index (χ0) is 34.9. The van der Waals surface area contributed by atoms with Crippen molar-refractivity contribution >= 4 is 33.4 Å². The fourth-order valence-corrected chi connectivity index (χ4v) is 5.62. The van der Waals surface area contributed by atoms with E-state index >= 15 is 0 Å². The van der Waals surface area contributed by atoms with E-state index in [1.165, 1.54) is 25.3 Å². The molecule has 1 N–H and O–H groups in total. The number of nitrogens with one attached hydrogen (secondary N) is 1. The largest absolute Gasteiger partial charge is 0.493 e. The van der Waals surface area contributed by atoms with Crippen molar-refractivity contribution in [2.75, 3.05) is 104 Å². The molecule has 0 bridgehead atoms. The number of nitrogens with zero attached hydrogens (tertiary/aromatic N) is 1. The summed E-state index contributed by atoms with van der Waals surface area (Å²) in [6.07, 6.45) is 0.153. The average molecular weight is 697 g/mol. The minimum Gasteiger partial charge on any atom is -0.493 e. The van der Waals surface area contributed by atoms with Crippen molar-refractivity contribution < 1.29 is 60.7 Å². The number of amides is 3. The molecule has 1 aliphatic heterocycles. The van der Waals surface area contributed by atoms with Crippen LogP contribution in [0, 0.1) is 0 Å². The summed E-state index contributed by atoms with van der Waals surface area (Å²) in [7, 11) is -0.614. The van der Waals surface area contributed by atoms with Gasteiger partial charge in [0.1, 0.15) is 16.4 Å². The number of benzene rings is 2. The van der Waals surface area contributed by atoms with Gasteiger partial charge in [-0.3, -0.25) is 19.8 Å². The highest BCUT2D eigenvalue weighted by molar-refractivity contribution is 7.90. The minimum atomic E-state index is -3.68. The number of rotatable bonds is 23. The Labute approximate surface area is 280 Å². The lowest BCUT2D eigenvalue weighted by atomic mass is 10.1. The fourth-order valence-electron chi connectivity index (χ4n) is 4.71. The maximum Gasteiger partial charge on any atom is 0.411 e. The highest BCUT2D eigenvalue weighted by Gasteiger charge is 2.43. The standard InChI is InChI=1S/C32H44N2O13S/c1-5-46-28-21-23(9-10-27(28)41-3)26(22-48(4,38)39)34-30(35)24-7-6-8-25(29(24)31(34)36)33-32(37)47-20-19-45-18-17-44-16-15-43-14-13-42-12-11-40-2/h6-10,21,26H,5,11-20,22H2,1-4H3,(H,33,37)/t26-/m0/s1. The van der Waals surface area contributed by atoms with Crippen LogP contribution in [0.15, 0.2) is 36.4 Å². The first-order valence-electron chi connectivity index (χ1n) is 15.3. The second-order valence-corrected chi connectivity index (χ2v) is 12.5. The topological polar surface area (TPSA) is 174 Å². The van der Waals surface area contributed by atoms with Gasteiger partial charge in [-0.2, -0.15) is 0 Å². The molecule has 0 fully saturated rings. The summed E-state index contributed by atoms with van der Waals surface area (Å²) in [4.78, 5) is 40.8. The Morgan fingerprint density at radius 1 is 0.812 bits per heavy atom. The van der Waals surface area contributed by atoms with Crippen molar-refractivity contribution in [2.24, 2.45) is 0 Å². The monoisotopic (exact) mass is 696 g/mol. The van der Waals surface area contributed by atoms with Gasteiger partial charge in [0.05, 0.1) is 102 Å². The van der Waals surface area contributed by atoms with Gasteiger partial charge < -0.3 is 37.9 Å². The molecule has 0 saturated heterocycles. The molecule has 0 saturated carbocycles. The van der Waals surface area contributed by atoms with E-state index in [0.29, 0.717) is 69.9 Å². The predicted molar refractivity (Wildman–Crippen MR) is 174 cm³/mol. The normalized spacial score (nSPS) is 13.4. The highest BCUT2D eigenvalue weighted by Crippen LogP contribution is 2.38. The van der Waals surface area contributed by atoms with Gasteiger partial charge in [0.15, 0.2) is 11.5 Å². The van der Waals surface area contributed by atoms with E-state index in [1.807, 2.05) is 0 Å². The first kappa shape index (κ1) is 38.6. The number of sulfone groups is 1. The first-order valence-corrected chi connectivity index (χ1v) is 17.4. The summed E-state index contributed by atoms with van der Waals surface area (Å²) in [6.45, 7) is 5.50. The first-order chi connectivity index (χ1) is 23.1. The summed E-state index contributed by atoms with van der Waals surface area (Å²) in [5, 5.41) is 2.51. The number of methoxy groups -OCH3 is 2. The van der Waals surface area contributed by atoms with Crippen LogP contribution in [-0.2, 0) is 38.3 Å². The molecule has 48 heavy (non-hydrogen) atoms. The van der Waals surface area contributed by atoms with Crippen LogP contribution in [0.4, 0.5) is 10.5 Å². The number of hydrogen-bond acceptors (Lipinski definition) is 13. The molecular weight excluding hydrogens is 652 g/mol. The van der Waals surface area contributed by atoms with Gasteiger partial charge in [0, 0.05) is 13.4 Å².